The molecule has 1 rings (SSSR count). The highest BCUT2D eigenvalue weighted by Crippen LogP contribution is 2.27. The van der Waals surface area contributed by atoms with E-state index < -0.39 is 5.60 Å². The quantitative estimate of drug-likeness (QED) is 0.855. The first-order valence-electron chi connectivity index (χ1n) is 5.20. The molecule has 4 heteroatoms. The summed E-state index contributed by atoms with van der Waals surface area (Å²) in [5, 5.41) is 10.0. The van der Waals surface area contributed by atoms with Gasteiger partial charge in [-0.15, -0.1) is 0 Å². The topological polar surface area (TPSA) is 55.5 Å². The second kappa shape index (κ2) is 5.04. The van der Waals surface area contributed by atoms with Crippen LogP contribution in [0.2, 0.25) is 5.02 Å². The van der Waals surface area contributed by atoms with Crippen molar-refractivity contribution in [3.8, 4) is 5.75 Å². The van der Waals surface area contributed by atoms with Crippen LogP contribution < -0.4 is 10.5 Å². The Hall–Kier alpha value is -0.770. The molecule has 0 aliphatic carbocycles. The van der Waals surface area contributed by atoms with Crippen molar-refractivity contribution in [2.24, 2.45) is 5.73 Å². The van der Waals surface area contributed by atoms with Crippen LogP contribution in [0.5, 0.6) is 5.75 Å². The van der Waals surface area contributed by atoms with Gasteiger partial charge in [0, 0.05) is 6.04 Å². The van der Waals surface area contributed by atoms with Gasteiger partial charge in [-0.1, -0.05) is 17.7 Å². The van der Waals surface area contributed by atoms with Crippen molar-refractivity contribution in [2.45, 2.75) is 32.4 Å². The summed E-state index contributed by atoms with van der Waals surface area (Å²) in [6.45, 7) is 5.45. The van der Waals surface area contributed by atoms with Crippen LogP contribution in [0.25, 0.3) is 0 Å². The molecule has 0 spiro atoms. The fourth-order valence-electron chi connectivity index (χ4n) is 1.17. The summed E-state index contributed by atoms with van der Waals surface area (Å²) in [5.74, 6) is 0.563. The summed E-state index contributed by atoms with van der Waals surface area (Å²) in [5.41, 5.74) is 5.82. The molecule has 16 heavy (non-hydrogen) atoms. The molecule has 0 heterocycles. The van der Waals surface area contributed by atoms with Gasteiger partial charge in [-0.25, -0.2) is 0 Å². The number of hydrogen-bond donors (Lipinski definition) is 2. The van der Waals surface area contributed by atoms with Crippen LogP contribution in [0, 0.1) is 0 Å². The molecule has 3 nitrogen and oxygen atoms in total. The van der Waals surface area contributed by atoms with Crippen molar-refractivity contribution >= 4 is 11.6 Å². The molecule has 0 amide bonds. The highest BCUT2D eigenvalue weighted by Gasteiger charge is 2.14. The number of benzene rings is 1. The number of halogens is 1. The standard InChI is InChI=1S/C12H18ClNO2/c1-8(14)9-4-5-11(10(13)6-9)16-7-12(2,3)15/h4-6,8,15H,7,14H2,1-3H3/t8-/m1/s1. The number of hydrogen-bond acceptors (Lipinski definition) is 3. The van der Waals surface area contributed by atoms with E-state index in [-0.39, 0.29) is 12.6 Å². The predicted octanol–water partition coefficient (Wildman–Crippen LogP) is 2.51. The third-order valence-electron chi connectivity index (χ3n) is 2.06. The zero-order valence-electron chi connectivity index (χ0n) is 9.83. The molecule has 1 atom stereocenters. The summed E-state index contributed by atoms with van der Waals surface area (Å²) in [7, 11) is 0. The monoisotopic (exact) mass is 243 g/mol. The van der Waals surface area contributed by atoms with Gasteiger partial charge >= 0.3 is 0 Å². The van der Waals surface area contributed by atoms with Gasteiger partial charge in [-0.3, -0.25) is 0 Å². The molecule has 0 aliphatic heterocycles. The molecule has 90 valence electrons. The average molecular weight is 244 g/mol. The van der Waals surface area contributed by atoms with E-state index in [1.54, 1.807) is 26.0 Å². The molecule has 0 saturated heterocycles. The van der Waals surface area contributed by atoms with Crippen LogP contribution in [0.4, 0.5) is 0 Å². The molecule has 0 bridgehead atoms. The Morgan fingerprint density at radius 1 is 1.50 bits per heavy atom. The number of nitrogens with two attached hydrogens (primary N) is 1. The molecule has 0 fully saturated rings. The molecule has 0 aromatic heterocycles. The Morgan fingerprint density at radius 3 is 2.56 bits per heavy atom. The zero-order chi connectivity index (χ0) is 12.3. The lowest BCUT2D eigenvalue weighted by Gasteiger charge is -2.18. The molecular formula is C12H18ClNO2. The largest absolute Gasteiger partial charge is 0.489 e. The Kier molecular flexibility index (Phi) is 4.19. The molecule has 0 unspecified atom stereocenters. The van der Waals surface area contributed by atoms with E-state index in [2.05, 4.69) is 0 Å². The zero-order valence-corrected chi connectivity index (χ0v) is 10.6. The predicted molar refractivity (Wildman–Crippen MR) is 65.8 cm³/mol. The van der Waals surface area contributed by atoms with Gasteiger partial charge in [0.2, 0.25) is 0 Å². The van der Waals surface area contributed by atoms with Crippen LogP contribution in [-0.2, 0) is 0 Å². The molecule has 1 aromatic rings. The molecule has 1 aromatic carbocycles. The van der Waals surface area contributed by atoms with Crippen LogP contribution in [0.15, 0.2) is 18.2 Å². The van der Waals surface area contributed by atoms with Gasteiger partial charge in [0.15, 0.2) is 0 Å². The lowest BCUT2D eigenvalue weighted by Crippen LogP contribution is -2.27. The van der Waals surface area contributed by atoms with Gasteiger partial charge in [-0.05, 0) is 38.5 Å². The van der Waals surface area contributed by atoms with Crippen molar-refractivity contribution in [2.75, 3.05) is 6.61 Å². The first-order chi connectivity index (χ1) is 7.29. The lowest BCUT2D eigenvalue weighted by molar-refractivity contribution is 0.0285. The summed E-state index contributed by atoms with van der Waals surface area (Å²) in [6.07, 6.45) is 0. The van der Waals surface area contributed by atoms with E-state index in [0.717, 1.165) is 5.56 Å². The SMILES string of the molecule is C[C@@H](N)c1ccc(OCC(C)(C)O)c(Cl)c1. The maximum Gasteiger partial charge on any atom is 0.138 e. The molecule has 3 N–H and O–H groups in total. The van der Waals surface area contributed by atoms with Gasteiger partial charge in [0.1, 0.15) is 12.4 Å². The Labute approximate surface area is 101 Å². The highest BCUT2D eigenvalue weighted by atomic mass is 35.5. The minimum atomic E-state index is -0.872. The molecule has 0 radical (unpaired) electrons. The van der Waals surface area contributed by atoms with Gasteiger partial charge in [0.05, 0.1) is 10.6 Å². The van der Waals surface area contributed by atoms with E-state index >= 15 is 0 Å². The number of rotatable bonds is 4. The van der Waals surface area contributed by atoms with E-state index in [0.29, 0.717) is 10.8 Å². The fourth-order valence-corrected chi connectivity index (χ4v) is 1.42. The molecular weight excluding hydrogens is 226 g/mol. The number of ether oxygens (including phenoxy) is 1. The van der Waals surface area contributed by atoms with Gasteiger partial charge in [0.25, 0.3) is 0 Å². The smallest absolute Gasteiger partial charge is 0.138 e. The van der Waals surface area contributed by atoms with E-state index in [9.17, 15) is 5.11 Å². The highest BCUT2D eigenvalue weighted by molar-refractivity contribution is 6.32. The van der Waals surface area contributed by atoms with Gasteiger partial charge in [-0.2, -0.15) is 0 Å². The molecule has 0 saturated carbocycles. The Balaban J connectivity index is 2.76. The Morgan fingerprint density at radius 2 is 2.12 bits per heavy atom. The van der Waals surface area contributed by atoms with Crippen molar-refractivity contribution in [1.29, 1.82) is 0 Å². The third-order valence-corrected chi connectivity index (χ3v) is 2.36. The summed E-state index contributed by atoms with van der Waals surface area (Å²) in [6, 6.07) is 5.37. The van der Waals surface area contributed by atoms with Crippen molar-refractivity contribution < 1.29 is 9.84 Å². The van der Waals surface area contributed by atoms with Crippen molar-refractivity contribution in [3.05, 3.63) is 28.8 Å². The second-order valence-electron chi connectivity index (χ2n) is 4.58. The number of aliphatic hydroxyl groups is 1. The summed E-state index contributed by atoms with van der Waals surface area (Å²) < 4.78 is 5.41. The maximum atomic E-state index is 9.52. The average Bonchev–Trinajstić information content (AvgIpc) is 2.14. The Bertz CT molecular complexity index is 359. The van der Waals surface area contributed by atoms with E-state index in [1.165, 1.54) is 0 Å². The van der Waals surface area contributed by atoms with Crippen LogP contribution in [0.3, 0.4) is 0 Å². The lowest BCUT2D eigenvalue weighted by atomic mass is 10.1. The minimum absolute atomic E-state index is 0.0548. The first kappa shape index (κ1) is 13.3. The van der Waals surface area contributed by atoms with Crippen LogP contribution in [0.1, 0.15) is 32.4 Å². The van der Waals surface area contributed by atoms with Crippen molar-refractivity contribution in [3.63, 3.8) is 0 Å². The molecule has 0 aliphatic rings. The second-order valence-corrected chi connectivity index (χ2v) is 4.99. The summed E-state index contributed by atoms with van der Waals surface area (Å²) in [4.78, 5) is 0. The van der Waals surface area contributed by atoms with Crippen molar-refractivity contribution in [1.82, 2.24) is 0 Å². The minimum Gasteiger partial charge on any atom is -0.489 e. The maximum absolute atomic E-state index is 9.52. The van der Waals surface area contributed by atoms with Gasteiger partial charge < -0.3 is 15.6 Å². The van der Waals surface area contributed by atoms with E-state index in [4.69, 9.17) is 22.1 Å². The normalized spacial score (nSPS) is 13.6. The summed E-state index contributed by atoms with van der Waals surface area (Å²) >= 11 is 6.04. The first-order valence-corrected chi connectivity index (χ1v) is 5.57. The third kappa shape index (κ3) is 4.00. The van der Waals surface area contributed by atoms with E-state index in [1.807, 2.05) is 13.0 Å². The van der Waals surface area contributed by atoms with Crippen LogP contribution in [-0.4, -0.2) is 17.3 Å². The fraction of sp³-hybridized carbons (Fsp3) is 0.500. The van der Waals surface area contributed by atoms with Crippen LogP contribution >= 0.6 is 11.6 Å².